The lowest BCUT2D eigenvalue weighted by Gasteiger charge is -2.15. The maximum absolute atomic E-state index is 10.9. The zero-order valence-electron chi connectivity index (χ0n) is 11.9. The second kappa shape index (κ2) is 6.05. The monoisotopic (exact) mass is 310 g/mol. The molecular weight excluding hydrogens is 296 g/mol. The summed E-state index contributed by atoms with van der Waals surface area (Å²) in [4.78, 5) is 10.9. The van der Waals surface area contributed by atoms with E-state index in [-0.39, 0.29) is 5.69 Å². The molecule has 0 spiro atoms. The Morgan fingerprint density at radius 1 is 1.38 bits per heavy atom. The van der Waals surface area contributed by atoms with Crippen LogP contribution in [0.15, 0.2) is 12.1 Å². The van der Waals surface area contributed by atoms with E-state index in [0.29, 0.717) is 34.2 Å². The number of benzene rings is 1. The molecule has 7 heteroatoms. The Morgan fingerprint density at radius 2 is 2.10 bits per heavy atom. The molecule has 2 aromatic rings. The lowest BCUT2D eigenvalue weighted by Crippen LogP contribution is -1.98. The van der Waals surface area contributed by atoms with E-state index < -0.39 is 5.97 Å². The van der Waals surface area contributed by atoms with Crippen molar-refractivity contribution in [2.45, 2.75) is 13.3 Å². The predicted molar refractivity (Wildman–Crippen MR) is 78.5 cm³/mol. The first-order chi connectivity index (χ1) is 10.0. The highest BCUT2D eigenvalue weighted by atomic mass is 35.5. The summed E-state index contributed by atoms with van der Waals surface area (Å²) in [6.45, 7) is 1.95. The molecule has 6 nitrogen and oxygen atoms in total. The number of rotatable bonds is 5. The SMILES string of the molecule is CCc1c(-c2cc(C(=O)O)[nH]n2)cc(OC)c(OC)c1Cl. The van der Waals surface area contributed by atoms with E-state index in [0.717, 1.165) is 5.56 Å². The molecule has 1 aromatic heterocycles. The third kappa shape index (κ3) is 2.67. The molecule has 0 unspecified atom stereocenters. The Kier molecular flexibility index (Phi) is 4.37. The van der Waals surface area contributed by atoms with E-state index in [1.807, 2.05) is 6.92 Å². The quantitative estimate of drug-likeness (QED) is 0.886. The molecule has 1 heterocycles. The Balaban J connectivity index is 2.66. The normalized spacial score (nSPS) is 10.5. The molecule has 0 aliphatic heterocycles. The second-order valence-electron chi connectivity index (χ2n) is 4.28. The Hall–Kier alpha value is -2.21. The van der Waals surface area contributed by atoms with Crippen molar-refractivity contribution in [3.05, 3.63) is 28.4 Å². The van der Waals surface area contributed by atoms with Gasteiger partial charge in [0.1, 0.15) is 5.69 Å². The van der Waals surface area contributed by atoms with Crippen molar-refractivity contribution in [3.8, 4) is 22.8 Å². The van der Waals surface area contributed by atoms with Gasteiger partial charge in [-0.1, -0.05) is 18.5 Å². The average molecular weight is 311 g/mol. The van der Waals surface area contributed by atoms with Crippen LogP contribution in [0.2, 0.25) is 5.02 Å². The molecule has 0 aliphatic carbocycles. The van der Waals surface area contributed by atoms with E-state index in [1.165, 1.54) is 20.3 Å². The molecule has 0 radical (unpaired) electrons. The first kappa shape index (κ1) is 15.2. The zero-order chi connectivity index (χ0) is 15.6. The van der Waals surface area contributed by atoms with Crippen molar-refractivity contribution in [1.29, 1.82) is 0 Å². The molecule has 1 aromatic carbocycles. The molecule has 0 atom stereocenters. The number of carboxylic acids is 1. The summed E-state index contributed by atoms with van der Waals surface area (Å²) in [7, 11) is 3.02. The lowest BCUT2D eigenvalue weighted by atomic mass is 10.0. The molecule has 0 saturated carbocycles. The summed E-state index contributed by atoms with van der Waals surface area (Å²) in [6.07, 6.45) is 0.643. The van der Waals surface area contributed by atoms with Crippen LogP contribution in [0.5, 0.6) is 11.5 Å². The van der Waals surface area contributed by atoms with Crippen molar-refractivity contribution in [2.75, 3.05) is 14.2 Å². The number of halogens is 1. The van der Waals surface area contributed by atoms with E-state index >= 15 is 0 Å². The summed E-state index contributed by atoms with van der Waals surface area (Å²) in [5.41, 5.74) is 2.03. The van der Waals surface area contributed by atoms with Gasteiger partial charge in [0.15, 0.2) is 11.5 Å². The van der Waals surface area contributed by atoms with Crippen LogP contribution in [0.4, 0.5) is 0 Å². The van der Waals surface area contributed by atoms with Gasteiger partial charge in [0.25, 0.3) is 0 Å². The predicted octanol–water partition coefficient (Wildman–Crippen LogP) is 3.01. The lowest BCUT2D eigenvalue weighted by molar-refractivity contribution is 0.0690. The number of H-pyrrole nitrogens is 1. The van der Waals surface area contributed by atoms with E-state index in [1.54, 1.807) is 6.07 Å². The molecule has 0 saturated heterocycles. The van der Waals surface area contributed by atoms with Crippen molar-refractivity contribution < 1.29 is 19.4 Å². The fraction of sp³-hybridized carbons (Fsp3) is 0.286. The first-order valence-electron chi connectivity index (χ1n) is 6.25. The van der Waals surface area contributed by atoms with Gasteiger partial charge < -0.3 is 14.6 Å². The highest BCUT2D eigenvalue weighted by Gasteiger charge is 2.20. The average Bonchev–Trinajstić information content (AvgIpc) is 2.96. The number of ether oxygens (including phenoxy) is 2. The second-order valence-corrected chi connectivity index (χ2v) is 4.66. The summed E-state index contributed by atoms with van der Waals surface area (Å²) in [6, 6.07) is 3.20. The molecule has 0 fully saturated rings. The number of aromatic carboxylic acids is 1. The minimum atomic E-state index is -1.07. The molecule has 21 heavy (non-hydrogen) atoms. The maximum Gasteiger partial charge on any atom is 0.353 e. The van der Waals surface area contributed by atoms with Crippen molar-refractivity contribution in [3.63, 3.8) is 0 Å². The van der Waals surface area contributed by atoms with Crippen LogP contribution in [-0.4, -0.2) is 35.5 Å². The van der Waals surface area contributed by atoms with Crippen LogP contribution >= 0.6 is 11.6 Å². The zero-order valence-corrected chi connectivity index (χ0v) is 12.6. The number of hydrogen-bond donors (Lipinski definition) is 2. The van der Waals surface area contributed by atoms with Gasteiger partial charge >= 0.3 is 5.97 Å². The van der Waals surface area contributed by atoms with Gasteiger partial charge in [-0.05, 0) is 24.1 Å². The van der Waals surface area contributed by atoms with Crippen LogP contribution < -0.4 is 9.47 Å². The summed E-state index contributed by atoms with van der Waals surface area (Å²) in [5.74, 6) is -0.151. The molecule has 2 N–H and O–H groups in total. The fourth-order valence-electron chi connectivity index (χ4n) is 2.13. The van der Waals surface area contributed by atoms with Crippen LogP contribution in [0.3, 0.4) is 0 Å². The number of methoxy groups -OCH3 is 2. The Labute approximate surface area is 126 Å². The van der Waals surface area contributed by atoms with Crippen molar-refractivity contribution in [2.24, 2.45) is 0 Å². The fourth-order valence-corrected chi connectivity index (χ4v) is 2.54. The highest BCUT2D eigenvalue weighted by Crippen LogP contribution is 2.42. The van der Waals surface area contributed by atoms with Gasteiger partial charge in [0, 0.05) is 5.56 Å². The summed E-state index contributed by atoms with van der Waals surface area (Å²) in [5, 5.41) is 15.9. The Bertz CT molecular complexity index is 682. The molecular formula is C14H15ClN2O4. The van der Waals surface area contributed by atoms with Crippen LogP contribution in [-0.2, 0) is 6.42 Å². The molecule has 0 aliphatic rings. The van der Waals surface area contributed by atoms with Gasteiger partial charge in [-0.3, -0.25) is 5.10 Å². The molecule has 112 valence electrons. The number of nitrogens with one attached hydrogen (secondary N) is 1. The Morgan fingerprint density at radius 3 is 2.57 bits per heavy atom. The standard InChI is InChI=1S/C14H15ClN2O4/c1-4-7-8(9-6-10(14(18)19)17-16-9)5-11(20-2)13(21-3)12(7)15/h5-6H,4H2,1-3H3,(H,16,17)(H,18,19). The van der Waals surface area contributed by atoms with Crippen molar-refractivity contribution >= 4 is 17.6 Å². The van der Waals surface area contributed by atoms with E-state index in [2.05, 4.69) is 10.2 Å². The molecule has 2 rings (SSSR count). The van der Waals surface area contributed by atoms with Gasteiger partial charge in [0.2, 0.25) is 0 Å². The smallest absolute Gasteiger partial charge is 0.353 e. The van der Waals surface area contributed by atoms with Crippen LogP contribution in [0.1, 0.15) is 23.0 Å². The van der Waals surface area contributed by atoms with E-state index in [9.17, 15) is 4.79 Å². The van der Waals surface area contributed by atoms with Crippen LogP contribution in [0.25, 0.3) is 11.3 Å². The van der Waals surface area contributed by atoms with Crippen LogP contribution in [0, 0.1) is 0 Å². The topological polar surface area (TPSA) is 84.4 Å². The van der Waals surface area contributed by atoms with Gasteiger partial charge in [0.05, 0.1) is 24.9 Å². The van der Waals surface area contributed by atoms with Crippen molar-refractivity contribution in [1.82, 2.24) is 10.2 Å². The number of carbonyl (C=O) groups is 1. The third-order valence-electron chi connectivity index (χ3n) is 3.15. The third-order valence-corrected chi connectivity index (χ3v) is 3.55. The minimum Gasteiger partial charge on any atom is -0.493 e. The minimum absolute atomic E-state index is 0.0120. The number of hydrogen-bond acceptors (Lipinski definition) is 4. The van der Waals surface area contributed by atoms with E-state index in [4.69, 9.17) is 26.2 Å². The summed E-state index contributed by atoms with van der Waals surface area (Å²) >= 11 is 6.36. The molecule has 0 bridgehead atoms. The number of carboxylic acid groups (broad SMARTS) is 1. The first-order valence-corrected chi connectivity index (χ1v) is 6.63. The largest absolute Gasteiger partial charge is 0.493 e. The number of aromatic amines is 1. The number of nitrogens with zero attached hydrogens (tertiary/aromatic N) is 1. The number of aromatic nitrogens is 2. The van der Waals surface area contributed by atoms with Gasteiger partial charge in [-0.2, -0.15) is 5.10 Å². The maximum atomic E-state index is 10.9. The highest BCUT2D eigenvalue weighted by molar-refractivity contribution is 6.33. The molecule has 0 amide bonds. The van der Waals surface area contributed by atoms with Gasteiger partial charge in [-0.15, -0.1) is 0 Å². The summed E-state index contributed by atoms with van der Waals surface area (Å²) < 4.78 is 10.5. The van der Waals surface area contributed by atoms with Gasteiger partial charge in [-0.25, -0.2) is 4.79 Å².